The summed E-state index contributed by atoms with van der Waals surface area (Å²) < 4.78 is 13.2. The van der Waals surface area contributed by atoms with Crippen LogP contribution in [0.2, 0.25) is 0 Å². The monoisotopic (exact) mass is 818 g/mol. The van der Waals surface area contributed by atoms with Gasteiger partial charge < -0.3 is 8.98 Å². The Morgan fingerprint density at radius 2 is 1.00 bits per heavy atom. The predicted octanol–water partition coefficient (Wildman–Crippen LogP) is 14.4. The number of furan rings is 1. The number of hydrogen-bond donors (Lipinski definition) is 0. The smallest absolute Gasteiger partial charge is 0.240 e. The first-order chi connectivity index (χ1) is 31.7. The zero-order valence-corrected chi connectivity index (χ0v) is 34.2. The molecule has 0 saturated carbocycles. The minimum absolute atomic E-state index is 0.546. The molecule has 9 aromatic carbocycles. The highest BCUT2D eigenvalue weighted by atomic mass is 16.3. The molecule has 5 aromatic heterocycles. The van der Waals surface area contributed by atoms with Gasteiger partial charge in [-0.05, 0) is 95.1 Å². The predicted molar refractivity (Wildman–Crippen MR) is 261 cm³/mol. The highest BCUT2D eigenvalue weighted by Crippen LogP contribution is 2.43. The normalized spacial score (nSPS) is 12.1. The average molecular weight is 819 g/mol. The molecule has 0 aliphatic rings. The summed E-state index contributed by atoms with van der Waals surface area (Å²) >= 11 is 0. The number of imidazole rings is 1. The van der Waals surface area contributed by atoms with Crippen LogP contribution in [0.15, 0.2) is 211 Å². The van der Waals surface area contributed by atoms with Crippen molar-refractivity contribution in [2.75, 3.05) is 0 Å². The van der Waals surface area contributed by atoms with Crippen LogP contribution in [0.3, 0.4) is 0 Å². The molecular formula is C57H34N6O. The van der Waals surface area contributed by atoms with Crippen molar-refractivity contribution in [2.45, 2.75) is 0 Å². The molecule has 0 radical (unpaired) electrons. The lowest BCUT2D eigenvalue weighted by Crippen LogP contribution is -2.07. The van der Waals surface area contributed by atoms with Gasteiger partial charge in [0, 0.05) is 43.6 Å². The van der Waals surface area contributed by atoms with E-state index in [1.165, 1.54) is 21.9 Å². The Balaban J connectivity index is 1.04. The standard InChI is InChI=1S/C57H34N6O/c1-3-15-35(16-4-1)37-19-13-20-39(33-37)61-45-25-10-7-21-41(45)53-48(61)30-31-49-54(53)42-22-8-11-26-46(42)62(49)57-59-55(63-47-27-12-9-24-44(47)58-56(63)60-57)38-29-32-50-43(34-38)52-40(23-14-28-51(52)64-50)36-17-5-2-6-18-36/h1-34H. The van der Waals surface area contributed by atoms with E-state index in [1.54, 1.807) is 0 Å². The van der Waals surface area contributed by atoms with Crippen molar-refractivity contribution >= 4 is 82.4 Å². The molecule has 0 unspecified atom stereocenters. The molecule has 0 spiro atoms. The minimum Gasteiger partial charge on any atom is -0.456 e. The largest absolute Gasteiger partial charge is 0.456 e. The Labute approximate surface area is 365 Å². The number of benzene rings is 9. The Hall–Kier alpha value is -8.81. The maximum Gasteiger partial charge on any atom is 0.240 e. The molecule has 0 N–H and O–H groups in total. The van der Waals surface area contributed by atoms with E-state index in [1.807, 2.05) is 30.3 Å². The third kappa shape index (κ3) is 5.00. The maximum absolute atomic E-state index is 6.49. The molecule has 0 atom stereocenters. The third-order valence-corrected chi connectivity index (χ3v) is 12.9. The van der Waals surface area contributed by atoms with Gasteiger partial charge in [-0.2, -0.15) is 9.97 Å². The van der Waals surface area contributed by atoms with E-state index in [9.17, 15) is 0 Å². The molecule has 0 aliphatic heterocycles. The fraction of sp³-hybridized carbons (Fsp3) is 0. The lowest BCUT2D eigenvalue weighted by Gasteiger charge is -2.12. The van der Waals surface area contributed by atoms with Crippen LogP contribution in [-0.2, 0) is 0 Å². The van der Waals surface area contributed by atoms with Crippen molar-refractivity contribution in [2.24, 2.45) is 0 Å². The van der Waals surface area contributed by atoms with E-state index in [-0.39, 0.29) is 0 Å². The summed E-state index contributed by atoms with van der Waals surface area (Å²) in [5, 5.41) is 6.75. The number of hydrogen-bond acceptors (Lipinski definition) is 4. The molecule has 0 bridgehead atoms. The second kappa shape index (κ2) is 13.3. The average Bonchev–Trinajstić information content (AvgIpc) is 4.11. The zero-order chi connectivity index (χ0) is 41.9. The molecule has 298 valence electrons. The van der Waals surface area contributed by atoms with Gasteiger partial charge in [0.2, 0.25) is 11.7 Å². The number of aromatic nitrogens is 6. The van der Waals surface area contributed by atoms with Crippen LogP contribution in [-0.4, -0.2) is 28.5 Å². The molecule has 0 aliphatic carbocycles. The SMILES string of the molecule is c1ccc(-c2cccc(-n3c4ccccc4c4c5c6ccccc6n(-c6nc(-c7ccc8oc9cccc(-c%10ccccc%10)c9c8c7)n7c(n6)nc6ccccc67)c5ccc43)c2)cc1. The molecule has 0 amide bonds. The molecular weight excluding hydrogens is 785 g/mol. The van der Waals surface area contributed by atoms with E-state index in [2.05, 4.69) is 189 Å². The second-order valence-electron chi connectivity index (χ2n) is 16.4. The summed E-state index contributed by atoms with van der Waals surface area (Å²) in [4.78, 5) is 16.0. The minimum atomic E-state index is 0.546. The van der Waals surface area contributed by atoms with Gasteiger partial charge in [-0.1, -0.05) is 133 Å². The highest BCUT2D eigenvalue weighted by molar-refractivity contribution is 6.29. The lowest BCUT2D eigenvalue weighted by molar-refractivity contribution is 0.669. The van der Waals surface area contributed by atoms with Gasteiger partial charge >= 0.3 is 0 Å². The van der Waals surface area contributed by atoms with Crippen molar-refractivity contribution in [3.05, 3.63) is 206 Å². The second-order valence-corrected chi connectivity index (χ2v) is 16.4. The Morgan fingerprint density at radius 3 is 1.78 bits per heavy atom. The quantitative estimate of drug-likeness (QED) is 0.173. The van der Waals surface area contributed by atoms with Gasteiger partial charge in [-0.3, -0.25) is 8.97 Å². The number of para-hydroxylation sites is 4. The molecule has 0 saturated heterocycles. The zero-order valence-electron chi connectivity index (χ0n) is 34.2. The number of fused-ring (bicyclic) bond motifs is 13. The first kappa shape index (κ1) is 34.9. The molecule has 14 rings (SSSR count). The van der Waals surface area contributed by atoms with Gasteiger partial charge in [0.1, 0.15) is 11.2 Å². The van der Waals surface area contributed by atoms with Gasteiger partial charge in [-0.25, -0.2) is 4.98 Å². The maximum atomic E-state index is 6.49. The first-order valence-electron chi connectivity index (χ1n) is 21.5. The van der Waals surface area contributed by atoms with Crippen LogP contribution in [0, 0.1) is 0 Å². The lowest BCUT2D eigenvalue weighted by atomic mass is 9.99. The molecule has 14 aromatic rings. The molecule has 0 fully saturated rings. The summed E-state index contributed by atoms with van der Waals surface area (Å²) in [5.41, 5.74) is 14.4. The Kier molecular flexibility index (Phi) is 7.27. The summed E-state index contributed by atoms with van der Waals surface area (Å²) in [5.74, 6) is 1.86. The van der Waals surface area contributed by atoms with Crippen molar-refractivity contribution in [3.8, 4) is 45.3 Å². The molecule has 7 nitrogen and oxygen atoms in total. The molecule has 5 heterocycles. The van der Waals surface area contributed by atoms with Crippen LogP contribution in [0.1, 0.15) is 0 Å². The van der Waals surface area contributed by atoms with Gasteiger partial charge in [0.25, 0.3) is 0 Å². The van der Waals surface area contributed by atoms with E-state index in [0.29, 0.717) is 11.7 Å². The van der Waals surface area contributed by atoms with E-state index < -0.39 is 0 Å². The van der Waals surface area contributed by atoms with Crippen LogP contribution < -0.4 is 0 Å². The fourth-order valence-corrected chi connectivity index (χ4v) is 10.1. The first-order valence-corrected chi connectivity index (χ1v) is 21.5. The van der Waals surface area contributed by atoms with Gasteiger partial charge in [0.05, 0.1) is 33.1 Å². The van der Waals surface area contributed by atoms with Gasteiger partial charge in [-0.15, -0.1) is 0 Å². The highest BCUT2D eigenvalue weighted by Gasteiger charge is 2.24. The number of nitrogens with zero attached hydrogens (tertiary/aromatic N) is 6. The topological polar surface area (TPSA) is 66.1 Å². The van der Waals surface area contributed by atoms with Crippen LogP contribution in [0.5, 0.6) is 0 Å². The van der Waals surface area contributed by atoms with Crippen LogP contribution in [0.4, 0.5) is 0 Å². The Morgan fingerprint density at radius 1 is 0.359 bits per heavy atom. The Bertz CT molecular complexity index is 4190. The van der Waals surface area contributed by atoms with E-state index >= 15 is 0 Å². The summed E-state index contributed by atoms with van der Waals surface area (Å²) in [6.07, 6.45) is 0. The fourth-order valence-electron chi connectivity index (χ4n) is 10.1. The van der Waals surface area contributed by atoms with Crippen molar-refractivity contribution in [1.29, 1.82) is 0 Å². The van der Waals surface area contributed by atoms with Crippen molar-refractivity contribution in [3.63, 3.8) is 0 Å². The summed E-state index contributed by atoms with van der Waals surface area (Å²) in [6, 6.07) is 72.6. The summed E-state index contributed by atoms with van der Waals surface area (Å²) in [6.45, 7) is 0. The van der Waals surface area contributed by atoms with Gasteiger partial charge in [0.15, 0.2) is 5.82 Å². The third-order valence-electron chi connectivity index (χ3n) is 12.9. The molecule has 7 heteroatoms. The number of rotatable bonds is 5. The van der Waals surface area contributed by atoms with Crippen molar-refractivity contribution in [1.82, 2.24) is 28.5 Å². The van der Waals surface area contributed by atoms with Crippen LogP contribution >= 0.6 is 0 Å². The van der Waals surface area contributed by atoms with Crippen LogP contribution in [0.25, 0.3) is 128 Å². The summed E-state index contributed by atoms with van der Waals surface area (Å²) in [7, 11) is 0. The van der Waals surface area contributed by atoms with Crippen molar-refractivity contribution < 1.29 is 4.42 Å². The van der Waals surface area contributed by atoms with E-state index in [0.717, 1.165) is 94.0 Å². The molecule has 64 heavy (non-hydrogen) atoms. The van der Waals surface area contributed by atoms with E-state index in [4.69, 9.17) is 19.4 Å².